The van der Waals surface area contributed by atoms with E-state index in [2.05, 4.69) is 21.2 Å². The molecule has 0 amide bonds. The third-order valence-corrected chi connectivity index (χ3v) is 3.57. The van der Waals surface area contributed by atoms with Crippen molar-refractivity contribution in [3.05, 3.63) is 58.1 Å². The fourth-order valence-electron chi connectivity index (χ4n) is 2.04. The summed E-state index contributed by atoms with van der Waals surface area (Å²) < 4.78 is 6.66. The molecule has 0 aliphatic heterocycles. The van der Waals surface area contributed by atoms with Crippen molar-refractivity contribution in [1.82, 2.24) is 0 Å². The van der Waals surface area contributed by atoms with Gasteiger partial charge in [0.05, 0.1) is 0 Å². The lowest BCUT2D eigenvalue weighted by Crippen LogP contribution is -2.26. The van der Waals surface area contributed by atoms with E-state index in [-0.39, 0.29) is 6.61 Å². The highest BCUT2D eigenvalue weighted by atomic mass is 79.9. The number of rotatable bonds is 6. The van der Waals surface area contributed by atoms with Crippen molar-refractivity contribution < 1.29 is 9.84 Å². The lowest BCUT2D eigenvalue weighted by molar-refractivity contribution is 0.117. The van der Waals surface area contributed by atoms with Gasteiger partial charge < -0.3 is 15.2 Å². The summed E-state index contributed by atoms with van der Waals surface area (Å²) in [6.45, 7) is 4.74. The van der Waals surface area contributed by atoms with Crippen LogP contribution < -0.4 is 10.1 Å². The lowest BCUT2D eigenvalue weighted by Gasteiger charge is -2.15. The summed E-state index contributed by atoms with van der Waals surface area (Å²) in [5.74, 6) is 0.815. The first-order chi connectivity index (χ1) is 10.0. The van der Waals surface area contributed by atoms with E-state index in [1.54, 1.807) is 0 Å². The third-order valence-electron chi connectivity index (χ3n) is 3.11. The van der Waals surface area contributed by atoms with Crippen molar-refractivity contribution in [2.45, 2.75) is 20.0 Å². The molecule has 1 unspecified atom stereocenters. The molecule has 2 aromatic carbocycles. The summed E-state index contributed by atoms with van der Waals surface area (Å²) in [7, 11) is 0. The second-order valence-electron chi connectivity index (χ2n) is 5.13. The SMILES string of the molecule is Cc1cc(Br)cc(NCC(O)COc2ccccc2C)c1. The van der Waals surface area contributed by atoms with Gasteiger partial charge in [-0.25, -0.2) is 0 Å². The van der Waals surface area contributed by atoms with E-state index in [0.717, 1.165) is 27.0 Å². The molecule has 0 fully saturated rings. The number of para-hydroxylation sites is 1. The van der Waals surface area contributed by atoms with Crippen LogP contribution in [0.4, 0.5) is 5.69 Å². The molecule has 2 N–H and O–H groups in total. The molecule has 0 saturated carbocycles. The average molecular weight is 350 g/mol. The summed E-state index contributed by atoms with van der Waals surface area (Å²) in [6, 6.07) is 13.9. The van der Waals surface area contributed by atoms with Crippen LogP contribution in [-0.2, 0) is 0 Å². The number of hydrogen-bond acceptors (Lipinski definition) is 3. The Labute approximate surface area is 134 Å². The van der Waals surface area contributed by atoms with Gasteiger partial charge in [-0.1, -0.05) is 34.1 Å². The number of ether oxygens (including phenoxy) is 1. The van der Waals surface area contributed by atoms with Crippen LogP contribution in [0.5, 0.6) is 5.75 Å². The number of benzene rings is 2. The highest BCUT2D eigenvalue weighted by molar-refractivity contribution is 9.10. The van der Waals surface area contributed by atoms with Crippen molar-refractivity contribution in [3.63, 3.8) is 0 Å². The number of aryl methyl sites for hydroxylation is 2. The van der Waals surface area contributed by atoms with Crippen molar-refractivity contribution >= 4 is 21.6 Å². The molecule has 0 bridgehead atoms. The second-order valence-corrected chi connectivity index (χ2v) is 6.04. The van der Waals surface area contributed by atoms with Gasteiger partial charge in [-0.2, -0.15) is 0 Å². The maximum Gasteiger partial charge on any atom is 0.122 e. The molecule has 0 aliphatic rings. The van der Waals surface area contributed by atoms with Gasteiger partial charge in [-0.3, -0.25) is 0 Å². The smallest absolute Gasteiger partial charge is 0.122 e. The number of nitrogens with one attached hydrogen (secondary N) is 1. The fourth-order valence-corrected chi connectivity index (χ4v) is 2.65. The standard InChI is InChI=1S/C17H20BrNO2/c1-12-7-14(18)9-15(8-12)19-10-16(20)11-21-17-6-4-3-5-13(17)2/h3-9,16,19-20H,10-11H2,1-2H3. The lowest BCUT2D eigenvalue weighted by atomic mass is 10.2. The van der Waals surface area contributed by atoms with E-state index in [9.17, 15) is 5.11 Å². The van der Waals surface area contributed by atoms with Crippen LogP contribution >= 0.6 is 15.9 Å². The molecule has 1 atom stereocenters. The van der Waals surface area contributed by atoms with Crippen LogP contribution in [0, 0.1) is 13.8 Å². The highest BCUT2D eigenvalue weighted by Gasteiger charge is 2.07. The summed E-state index contributed by atoms with van der Waals surface area (Å²) in [4.78, 5) is 0. The van der Waals surface area contributed by atoms with E-state index in [0.29, 0.717) is 6.54 Å². The highest BCUT2D eigenvalue weighted by Crippen LogP contribution is 2.19. The Kier molecular flexibility index (Phi) is 5.65. The van der Waals surface area contributed by atoms with Gasteiger partial charge in [0.15, 0.2) is 0 Å². The monoisotopic (exact) mass is 349 g/mol. The quantitative estimate of drug-likeness (QED) is 0.830. The molecule has 21 heavy (non-hydrogen) atoms. The molecule has 2 aromatic rings. The summed E-state index contributed by atoms with van der Waals surface area (Å²) in [5.41, 5.74) is 3.22. The number of aliphatic hydroxyl groups is 1. The van der Waals surface area contributed by atoms with Gasteiger partial charge in [0, 0.05) is 16.7 Å². The zero-order valence-electron chi connectivity index (χ0n) is 12.3. The van der Waals surface area contributed by atoms with Crippen LogP contribution in [0.25, 0.3) is 0 Å². The molecular weight excluding hydrogens is 330 g/mol. The zero-order chi connectivity index (χ0) is 15.2. The second kappa shape index (κ2) is 7.48. The maximum absolute atomic E-state index is 10.0. The third kappa shape index (κ3) is 5.06. The molecule has 4 heteroatoms. The molecule has 0 saturated heterocycles. The number of aliphatic hydroxyl groups excluding tert-OH is 1. The van der Waals surface area contributed by atoms with Gasteiger partial charge in [-0.15, -0.1) is 0 Å². The van der Waals surface area contributed by atoms with Crippen LogP contribution in [0.3, 0.4) is 0 Å². The molecule has 112 valence electrons. The first-order valence-corrected chi connectivity index (χ1v) is 7.71. The molecule has 2 rings (SSSR count). The maximum atomic E-state index is 10.0. The van der Waals surface area contributed by atoms with E-state index in [1.807, 2.05) is 56.3 Å². The van der Waals surface area contributed by atoms with Crippen LogP contribution in [0.1, 0.15) is 11.1 Å². The largest absolute Gasteiger partial charge is 0.491 e. The zero-order valence-corrected chi connectivity index (χ0v) is 13.9. The van der Waals surface area contributed by atoms with Crippen molar-refractivity contribution in [2.24, 2.45) is 0 Å². The van der Waals surface area contributed by atoms with E-state index >= 15 is 0 Å². The van der Waals surface area contributed by atoms with Crippen LogP contribution in [-0.4, -0.2) is 24.4 Å². The van der Waals surface area contributed by atoms with Crippen molar-refractivity contribution in [1.29, 1.82) is 0 Å². The van der Waals surface area contributed by atoms with Crippen molar-refractivity contribution in [3.8, 4) is 5.75 Å². The predicted molar refractivity (Wildman–Crippen MR) is 90.0 cm³/mol. The van der Waals surface area contributed by atoms with Gasteiger partial charge in [0.25, 0.3) is 0 Å². The Bertz CT molecular complexity index is 581. The molecule has 0 heterocycles. The molecule has 0 radical (unpaired) electrons. The van der Waals surface area contributed by atoms with Crippen LogP contribution in [0.2, 0.25) is 0 Å². The molecule has 0 aliphatic carbocycles. The van der Waals surface area contributed by atoms with E-state index in [1.165, 1.54) is 0 Å². The first kappa shape index (κ1) is 15.9. The fraction of sp³-hybridized carbons (Fsp3) is 0.294. The molecule has 0 spiro atoms. The summed E-state index contributed by atoms with van der Waals surface area (Å²) in [5, 5.41) is 13.2. The molecule has 0 aromatic heterocycles. The summed E-state index contributed by atoms with van der Waals surface area (Å²) in [6.07, 6.45) is -0.566. The topological polar surface area (TPSA) is 41.5 Å². The molecule has 3 nitrogen and oxygen atoms in total. The van der Waals surface area contributed by atoms with Crippen LogP contribution in [0.15, 0.2) is 46.9 Å². The van der Waals surface area contributed by atoms with Gasteiger partial charge in [-0.05, 0) is 49.2 Å². The van der Waals surface area contributed by atoms with E-state index < -0.39 is 6.10 Å². The Balaban J connectivity index is 1.82. The van der Waals surface area contributed by atoms with Gasteiger partial charge in [0.1, 0.15) is 18.5 Å². The van der Waals surface area contributed by atoms with Crippen molar-refractivity contribution in [2.75, 3.05) is 18.5 Å². The average Bonchev–Trinajstić information content (AvgIpc) is 2.43. The predicted octanol–water partition coefficient (Wildman–Crippen LogP) is 3.92. The first-order valence-electron chi connectivity index (χ1n) is 6.92. The Morgan fingerprint density at radius 3 is 2.67 bits per heavy atom. The normalized spacial score (nSPS) is 12.0. The Morgan fingerprint density at radius 1 is 1.19 bits per heavy atom. The van der Waals surface area contributed by atoms with Gasteiger partial charge in [0.2, 0.25) is 0 Å². The summed E-state index contributed by atoms with van der Waals surface area (Å²) >= 11 is 3.46. The Hall–Kier alpha value is -1.52. The number of hydrogen-bond donors (Lipinski definition) is 2. The van der Waals surface area contributed by atoms with E-state index in [4.69, 9.17) is 4.74 Å². The minimum Gasteiger partial charge on any atom is -0.491 e. The molecular formula is C17H20BrNO2. The minimum absolute atomic E-state index is 0.269. The number of anilines is 1. The van der Waals surface area contributed by atoms with Gasteiger partial charge >= 0.3 is 0 Å². The Morgan fingerprint density at radius 2 is 1.95 bits per heavy atom. The minimum atomic E-state index is -0.566. The number of halogens is 1.